The second-order valence-corrected chi connectivity index (χ2v) is 10.1. The summed E-state index contributed by atoms with van der Waals surface area (Å²) in [5, 5.41) is 0. The van der Waals surface area contributed by atoms with Gasteiger partial charge >= 0.3 is 5.97 Å². The monoisotopic (exact) mass is 465 g/mol. The van der Waals surface area contributed by atoms with Crippen molar-refractivity contribution in [3.05, 3.63) is 0 Å². The van der Waals surface area contributed by atoms with Gasteiger partial charge in [-0.05, 0) is 19.3 Å². The molecule has 0 aliphatic rings. The van der Waals surface area contributed by atoms with Crippen molar-refractivity contribution in [1.29, 1.82) is 0 Å². The average molecular weight is 466 g/mol. The Morgan fingerprint density at radius 2 is 0.939 bits per heavy atom. The van der Waals surface area contributed by atoms with E-state index in [1.54, 1.807) is 0 Å². The predicted octanol–water partition coefficient (Wildman–Crippen LogP) is 9.80. The van der Waals surface area contributed by atoms with Gasteiger partial charge < -0.3 is 4.74 Å². The Labute approximate surface area is 207 Å². The molecule has 0 fully saturated rings. The Bertz CT molecular complexity index is 407. The van der Waals surface area contributed by atoms with Gasteiger partial charge in [0.15, 0.2) is 0 Å². The molecule has 1 atom stereocenters. The number of carbonyl (C=O) groups excluding carboxylic acids is 2. The minimum atomic E-state index is -0.262. The van der Waals surface area contributed by atoms with Crippen molar-refractivity contribution in [3.8, 4) is 0 Å². The Hall–Kier alpha value is -0.860. The van der Waals surface area contributed by atoms with Gasteiger partial charge in [-0.15, -0.1) is 0 Å². The van der Waals surface area contributed by atoms with E-state index < -0.39 is 0 Å². The first kappa shape index (κ1) is 32.1. The zero-order valence-electron chi connectivity index (χ0n) is 22.5. The number of unbranched alkanes of at least 4 members (excludes halogenated alkanes) is 20. The topological polar surface area (TPSA) is 43.4 Å². The summed E-state index contributed by atoms with van der Waals surface area (Å²) < 4.78 is 5.55. The molecule has 0 heterocycles. The van der Waals surface area contributed by atoms with Crippen molar-refractivity contribution in [2.75, 3.05) is 0 Å². The van der Waals surface area contributed by atoms with Crippen molar-refractivity contribution < 1.29 is 14.3 Å². The van der Waals surface area contributed by atoms with Gasteiger partial charge in [-0.2, -0.15) is 0 Å². The lowest BCUT2D eigenvalue weighted by Gasteiger charge is -2.15. The summed E-state index contributed by atoms with van der Waals surface area (Å²) >= 11 is 0. The zero-order chi connectivity index (χ0) is 24.2. The fourth-order valence-corrected chi connectivity index (χ4v) is 4.51. The second-order valence-electron chi connectivity index (χ2n) is 10.1. The minimum absolute atomic E-state index is 0.132. The van der Waals surface area contributed by atoms with Crippen LogP contribution in [0.1, 0.15) is 174 Å². The maximum absolute atomic E-state index is 12.1. The van der Waals surface area contributed by atoms with Crippen LogP contribution in [-0.4, -0.2) is 18.4 Å². The normalized spacial score (nSPS) is 12.1. The van der Waals surface area contributed by atoms with E-state index in [1.807, 2.05) is 6.29 Å². The average Bonchev–Trinajstić information content (AvgIpc) is 2.81. The molecule has 1 unspecified atom stereocenters. The number of hydrogen-bond donors (Lipinski definition) is 0. The van der Waals surface area contributed by atoms with Gasteiger partial charge in [0.2, 0.25) is 6.29 Å². The lowest BCUT2D eigenvalue weighted by atomic mass is 10.0. The van der Waals surface area contributed by atoms with Crippen LogP contribution < -0.4 is 0 Å². The lowest BCUT2D eigenvalue weighted by Crippen LogP contribution is -2.18. The highest BCUT2D eigenvalue weighted by atomic mass is 16.5. The number of esters is 1. The first-order valence-electron chi connectivity index (χ1n) is 14.8. The van der Waals surface area contributed by atoms with Crippen LogP contribution in [0.5, 0.6) is 0 Å². The van der Waals surface area contributed by atoms with E-state index in [2.05, 4.69) is 13.8 Å². The molecule has 0 aromatic heterocycles. The van der Waals surface area contributed by atoms with Gasteiger partial charge in [0.05, 0.1) is 6.42 Å². The molecule has 0 aliphatic carbocycles. The van der Waals surface area contributed by atoms with Crippen LogP contribution in [0.4, 0.5) is 0 Å². The summed E-state index contributed by atoms with van der Waals surface area (Å²) in [5.41, 5.74) is 0. The molecule has 0 aliphatic heterocycles. The molecule has 0 spiro atoms. The van der Waals surface area contributed by atoms with E-state index in [0.717, 1.165) is 32.1 Å². The molecule has 195 valence electrons. The van der Waals surface area contributed by atoms with Crippen LogP contribution in [0.15, 0.2) is 0 Å². The molecule has 0 bridgehead atoms. The Balaban J connectivity index is 3.49. The molecule has 0 saturated carbocycles. The van der Waals surface area contributed by atoms with Gasteiger partial charge in [0, 0.05) is 6.42 Å². The molecule has 0 aromatic carbocycles. The predicted molar refractivity (Wildman–Crippen MR) is 142 cm³/mol. The minimum Gasteiger partial charge on any atom is -0.462 e. The smallest absolute Gasteiger partial charge is 0.306 e. The highest BCUT2D eigenvalue weighted by molar-refractivity contribution is 5.69. The van der Waals surface area contributed by atoms with E-state index >= 15 is 0 Å². The molecule has 0 aromatic rings. The van der Waals surface area contributed by atoms with Crippen molar-refractivity contribution in [2.24, 2.45) is 0 Å². The maximum atomic E-state index is 12.1. The summed E-state index contributed by atoms with van der Waals surface area (Å²) in [6.07, 6.45) is 31.7. The third-order valence-corrected chi connectivity index (χ3v) is 6.72. The molecule has 3 heteroatoms. The Morgan fingerprint density at radius 1 is 0.576 bits per heavy atom. The number of rotatable bonds is 27. The Morgan fingerprint density at radius 3 is 1.33 bits per heavy atom. The van der Waals surface area contributed by atoms with Crippen molar-refractivity contribution in [2.45, 2.75) is 180 Å². The maximum Gasteiger partial charge on any atom is 0.306 e. The van der Waals surface area contributed by atoms with Crippen LogP contribution >= 0.6 is 0 Å². The van der Waals surface area contributed by atoms with Crippen molar-refractivity contribution in [1.82, 2.24) is 0 Å². The lowest BCUT2D eigenvalue weighted by molar-refractivity contribution is -0.149. The number of carbonyl (C=O) groups is 1. The highest BCUT2D eigenvalue weighted by Gasteiger charge is 2.14. The SMILES string of the molecule is CCCCCCCCCCCCCCCCCC(=O)OC(C[C]=O)CCCCCCCCC. The first-order chi connectivity index (χ1) is 16.2. The van der Waals surface area contributed by atoms with Gasteiger partial charge in [-0.25, -0.2) is 0 Å². The van der Waals surface area contributed by atoms with Crippen LogP contribution in [0, 0.1) is 0 Å². The van der Waals surface area contributed by atoms with Crippen LogP contribution in [0.3, 0.4) is 0 Å². The van der Waals surface area contributed by atoms with E-state index in [1.165, 1.54) is 116 Å². The van der Waals surface area contributed by atoms with Crippen LogP contribution in [-0.2, 0) is 14.3 Å². The molecular formula is C30H57O3. The Kier molecular flexibility index (Phi) is 26.7. The molecule has 33 heavy (non-hydrogen) atoms. The first-order valence-corrected chi connectivity index (χ1v) is 14.8. The van der Waals surface area contributed by atoms with Gasteiger partial charge in [0.25, 0.3) is 0 Å². The fourth-order valence-electron chi connectivity index (χ4n) is 4.51. The quantitative estimate of drug-likeness (QED) is 0.0895. The summed E-state index contributed by atoms with van der Waals surface area (Å²) in [7, 11) is 0. The summed E-state index contributed by atoms with van der Waals surface area (Å²) in [5.74, 6) is -0.132. The summed E-state index contributed by atoms with van der Waals surface area (Å²) in [6, 6.07) is 0. The molecule has 3 nitrogen and oxygen atoms in total. The fraction of sp³-hybridized carbons (Fsp3) is 0.933. The number of hydrogen-bond acceptors (Lipinski definition) is 3. The van der Waals surface area contributed by atoms with Crippen molar-refractivity contribution >= 4 is 12.3 Å². The van der Waals surface area contributed by atoms with Crippen LogP contribution in [0.25, 0.3) is 0 Å². The summed E-state index contributed by atoms with van der Waals surface area (Å²) in [6.45, 7) is 4.51. The highest BCUT2D eigenvalue weighted by Crippen LogP contribution is 2.16. The number of ether oxygens (including phenoxy) is 1. The molecule has 1 radical (unpaired) electrons. The van der Waals surface area contributed by atoms with E-state index in [0.29, 0.717) is 6.42 Å². The third kappa shape index (κ3) is 25.6. The molecule has 0 N–H and O–H groups in total. The molecule has 0 saturated heterocycles. The second kappa shape index (κ2) is 27.4. The van der Waals surface area contributed by atoms with E-state index in [4.69, 9.17) is 4.74 Å². The van der Waals surface area contributed by atoms with Gasteiger partial charge in [0.1, 0.15) is 6.10 Å². The standard InChI is InChI=1S/C30H57O3/c1-3-5-7-9-11-12-13-14-15-16-17-18-20-22-24-26-30(32)33-29(27-28-31)25-23-21-19-10-8-6-4-2/h29H,3-27H2,1-2H3. The molecular weight excluding hydrogens is 408 g/mol. The molecule has 0 amide bonds. The molecule has 0 rings (SSSR count). The zero-order valence-corrected chi connectivity index (χ0v) is 22.5. The van der Waals surface area contributed by atoms with Gasteiger partial charge in [-0.1, -0.05) is 142 Å². The van der Waals surface area contributed by atoms with Crippen LogP contribution in [0.2, 0.25) is 0 Å². The summed E-state index contributed by atoms with van der Waals surface area (Å²) in [4.78, 5) is 22.9. The van der Waals surface area contributed by atoms with E-state index in [9.17, 15) is 9.59 Å². The third-order valence-electron chi connectivity index (χ3n) is 6.72. The van der Waals surface area contributed by atoms with E-state index in [-0.39, 0.29) is 18.5 Å². The largest absolute Gasteiger partial charge is 0.462 e. The van der Waals surface area contributed by atoms with Crippen molar-refractivity contribution in [3.63, 3.8) is 0 Å². The van der Waals surface area contributed by atoms with Gasteiger partial charge in [-0.3, -0.25) is 9.59 Å².